The molecule has 2 unspecified atom stereocenters. The fourth-order valence-electron chi connectivity index (χ4n) is 2.50. The molecule has 1 aliphatic heterocycles. The molecule has 2 heterocycles. The van der Waals surface area contributed by atoms with E-state index in [2.05, 4.69) is 0 Å². The second-order valence-electron chi connectivity index (χ2n) is 5.20. The highest BCUT2D eigenvalue weighted by Crippen LogP contribution is 2.23. The van der Waals surface area contributed by atoms with Crippen LogP contribution >= 0.6 is 11.3 Å². The molecule has 0 aromatic carbocycles. The van der Waals surface area contributed by atoms with Crippen molar-refractivity contribution >= 4 is 23.2 Å². The van der Waals surface area contributed by atoms with Gasteiger partial charge in [-0.2, -0.15) is 11.3 Å². The minimum Gasteiger partial charge on any atom is -0.480 e. The third kappa shape index (κ3) is 3.56. The molecule has 0 spiro atoms. The highest BCUT2D eigenvalue weighted by atomic mass is 32.1. The number of nitrogens with zero attached hydrogens (tertiary/aromatic N) is 1. The summed E-state index contributed by atoms with van der Waals surface area (Å²) in [5.74, 6) is -0.539. The van der Waals surface area contributed by atoms with Crippen molar-refractivity contribution in [3.8, 4) is 0 Å². The molecule has 5 heteroatoms. The van der Waals surface area contributed by atoms with E-state index in [1.54, 1.807) is 16.2 Å². The van der Waals surface area contributed by atoms with Crippen LogP contribution in [0.3, 0.4) is 0 Å². The maximum atomic E-state index is 12.2. The lowest BCUT2D eigenvalue weighted by Gasteiger charge is -2.36. The Morgan fingerprint density at radius 2 is 2.32 bits per heavy atom. The standard InChI is InChI=1S/C14H19NO3S/c1-10-4-6-15(12(8-10)14(17)18)13(16)3-2-11-5-7-19-9-11/h5,7,9-10,12H,2-4,6,8H2,1H3,(H,17,18). The van der Waals surface area contributed by atoms with Crippen molar-refractivity contribution in [1.82, 2.24) is 4.90 Å². The number of carboxylic acid groups (broad SMARTS) is 1. The van der Waals surface area contributed by atoms with Gasteiger partial charge in [-0.15, -0.1) is 0 Å². The summed E-state index contributed by atoms with van der Waals surface area (Å²) < 4.78 is 0. The summed E-state index contributed by atoms with van der Waals surface area (Å²) in [5, 5.41) is 13.3. The van der Waals surface area contributed by atoms with Gasteiger partial charge in [0.15, 0.2) is 0 Å². The maximum absolute atomic E-state index is 12.2. The van der Waals surface area contributed by atoms with Gasteiger partial charge in [0.1, 0.15) is 6.04 Å². The first-order valence-corrected chi connectivity index (χ1v) is 7.55. The fourth-order valence-corrected chi connectivity index (χ4v) is 3.21. The van der Waals surface area contributed by atoms with Gasteiger partial charge in [-0.3, -0.25) is 4.79 Å². The SMILES string of the molecule is CC1CCN(C(=O)CCc2ccsc2)C(C(=O)O)C1. The number of aryl methyl sites for hydroxylation is 1. The quantitative estimate of drug-likeness (QED) is 0.922. The topological polar surface area (TPSA) is 57.6 Å². The molecule has 1 aromatic rings. The monoisotopic (exact) mass is 281 g/mol. The Morgan fingerprint density at radius 1 is 1.53 bits per heavy atom. The molecule has 4 nitrogen and oxygen atoms in total. The number of thiophene rings is 1. The Bertz CT molecular complexity index is 444. The van der Waals surface area contributed by atoms with E-state index in [9.17, 15) is 14.7 Å². The molecular weight excluding hydrogens is 262 g/mol. The first-order chi connectivity index (χ1) is 9.08. The summed E-state index contributed by atoms with van der Waals surface area (Å²) in [5.41, 5.74) is 1.15. The smallest absolute Gasteiger partial charge is 0.326 e. The molecule has 2 atom stereocenters. The highest BCUT2D eigenvalue weighted by Gasteiger charge is 2.34. The van der Waals surface area contributed by atoms with Crippen molar-refractivity contribution < 1.29 is 14.7 Å². The number of amides is 1. The van der Waals surface area contributed by atoms with Crippen LogP contribution in [0.2, 0.25) is 0 Å². The number of likely N-dealkylation sites (tertiary alicyclic amines) is 1. The van der Waals surface area contributed by atoms with Crippen molar-refractivity contribution in [2.45, 2.75) is 38.6 Å². The predicted octanol–water partition coefficient (Wildman–Crippen LogP) is 2.39. The van der Waals surface area contributed by atoms with E-state index in [1.807, 2.05) is 23.8 Å². The van der Waals surface area contributed by atoms with E-state index in [1.165, 1.54) is 0 Å². The van der Waals surface area contributed by atoms with Gasteiger partial charge in [0.05, 0.1) is 0 Å². The summed E-state index contributed by atoms with van der Waals surface area (Å²) in [6.07, 6.45) is 2.56. The zero-order valence-electron chi connectivity index (χ0n) is 11.0. The fraction of sp³-hybridized carbons (Fsp3) is 0.571. The van der Waals surface area contributed by atoms with Crippen LogP contribution in [-0.4, -0.2) is 34.5 Å². The van der Waals surface area contributed by atoms with Crippen LogP contribution in [-0.2, 0) is 16.0 Å². The molecule has 1 saturated heterocycles. The number of carbonyl (C=O) groups is 2. The van der Waals surface area contributed by atoms with Crippen LogP contribution in [0.5, 0.6) is 0 Å². The molecule has 19 heavy (non-hydrogen) atoms. The molecule has 0 aliphatic carbocycles. The number of piperidine rings is 1. The van der Waals surface area contributed by atoms with Crippen molar-refractivity contribution in [1.29, 1.82) is 0 Å². The van der Waals surface area contributed by atoms with Crippen molar-refractivity contribution in [3.05, 3.63) is 22.4 Å². The lowest BCUT2D eigenvalue weighted by atomic mass is 9.92. The lowest BCUT2D eigenvalue weighted by molar-refractivity contribution is -0.153. The first-order valence-electron chi connectivity index (χ1n) is 6.61. The van der Waals surface area contributed by atoms with Gasteiger partial charge >= 0.3 is 5.97 Å². The normalized spacial score (nSPS) is 23.3. The van der Waals surface area contributed by atoms with E-state index in [-0.39, 0.29) is 5.91 Å². The van der Waals surface area contributed by atoms with Gasteiger partial charge < -0.3 is 10.0 Å². The summed E-state index contributed by atoms with van der Waals surface area (Å²) in [6.45, 7) is 2.61. The molecule has 1 aromatic heterocycles. The van der Waals surface area contributed by atoms with Crippen LogP contribution in [0.25, 0.3) is 0 Å². The predicted molar refractivity (Wildman–Crippen MR) is 74.2 cm³/mol. The van der Waals surface area contributed by atoms with Crippen molar-refractivity contribution in [3.63, 3.8) is 0 Å². The van der Waals surface area contributed by atoms with Crippen molar-refractivity contribution in [2.24, 2.45) is 5.92 Å². The molecule has 1 aliphatic rings. The molecule has 0 bridgehead atoms. The molecule has 0 saturated carbocycles. The second kappa shape index (κ2) is 6.19. The Balaban J connectivity index is 1.94. The van der Waals surface area contributed by atoms with E-state index in [0.717, 1.165) is 12.0 Å². The van der Waals surface area contributed by atoms with Gasteiger partial charge in [0.2, 0.25) is 5.91 Å². The third-order valence-corrected chi connectivity index (χ3v) is 4.41. The molecule has 1 fully saturated rings. The third-order valence-electron chi connectivity index (χ3n) is 3.68. The van der Waals surface area contributed by atoms with Gasteiger partial charge in [0.25, 0.3) is 0 Å². The van der Waals surface area contributed by atoms with Crippen LogP contribution < -0.4 is 0 Å². The van der Waals surface area contributed by atoms with Crippen LogP contribution in [0, 0.1) is 5.92 Å². The zero-order chi connectivity index (χ0) is 13.8. The minimum atomic E-state index is -0.879. The number of hydrogen-bond donors (Lipinski definition) is 1. The lowest BCUT2D eigenvalue weighted by Crippen LogP contribution is -2.49. The van der Waals surface area contributed by atoms with Gasteiger partial charge in [-0.25, -0.2) is 4.79 Å². The Morgan fingerprint density at radius 3 is 2.95 bits per heavy atom. The van der Waals surface area contributed by atoms with Gasteiger partial charge in [0, 0.05) is 13.0 Å². The largest absolute Gasteiger partial charge is 0.480 e. The first kappa shape index (κ1) is 14.1. The van der Waals surface area contributed by atoms with Crippen LogP contribution in [0.1, 0.15) is 31.7 Å². The molecule has 104 valence electrons. The van der Waals surface area contributed by atoms with Gasteiger partial charge in [-0.05, 0) is 47.6 Å². The van der Waals surface area contributed by atoms with Crippen molar-refractivity contribution in [2.75, 3.05) is 6.54 Å². The molecular formula is C14H19NO3S. The highest BCUT2D eigenvalue weighted by molar-refractivity contribution is 7.07. The minimum absolute atomic E-state index is 0.0366. The Hall–Kier alpha value is -1.36. The summed E-state index contributed by atoms with van der Waals surface area (Å²) in [4.78, 5) is 25.0. The van der Waals surface area contributed by atoms with E-state index < -0.39 is 12.0 Å². The van der Waals surface area contributed by atoms with E-state index in [0.29, 0.717) is 31.7 Å². The molecule has 1 N–H and O–H groups in total. The summed E-state index contributed by atoms with van der Waals surface area (Å²) in [6, 6.07) is 1.36. The number of hydrogen-bond acceptors (Lipinski definition) is 3. The Labute approximate surface area is 117 Å². The Kier molecular flexibility index (Phi) is 4.58. The average Bonchev–Trinajstić information content (AvgIpc) is 2.88. The second-order valence-corrected chi connectivity index (χ2v) is 5.98. The summed E-state index contributed by atoms with van der Waals surface area (Å²) >= 11 is 1.61. The number of carbonyl (C=O) groups excluding carboxylic acids is 1. The number of rotatable bonds is 4. The molecule has 2 rings (SSSR count). The average molecular weight is 281 g/mol. The number of aliphatic carboxylic acids is 1. The van der Waals surface area contributed by atoms with E-state index in [4.69, 9.17) is 0 Å². The van der Waals surface area contributed by atoms with E-state index >= 15 is 0 Å². The molecule has 0 radical (unpaired) electrons. The van der Waals surface area contributed by atoms with Crippen LogP contribution in [0.4, 0.5) is 0 Å². The van der Waals surface area contributed by atoms with Crippen LogP contribution in [0.15, 0.2) is 16.8 Å². The summed E-state index contributed by atoms with van der Waals surface area (Å²) in [7, 11) is 0. The zero-order valence-corrected chi connectivity index (χ0v) is 11.9. The van der Waals surface area contributed by atoms with Gasteiger partial charge in [-0.1, -0.05) is 6.92 Å². The maximum Gasteiger partial charge on any atom is 0.326 e. The molecule has 1 amide bonds. The number of carboxylic acids is 1.